The van der Waals surface area contributed by atoms with Crippen LogP contribution in [0.2, 0.25) is 0 Å². The van der Waals surface area contributed by atoms with Crippen molar-refractivity contribution in [2.75, 3.05) is 26.7 Å². The number of rotatable bonds is 4. The second kappa shape index (κ2) is 7.09. The Morgan fingerprint density at radius 2 is 1.92 bits per heavy atom. The topological polar surface area (TPSA) is 88.3 Å². The SMILES string of the molecule is CN1CCNCC1c1noc(-c2ccc(S(=O)(=O)C3CCCC3)cc2)n1. The normalized spacial score (nSPS) is 22.7. The molecule has 26 heavy (non-hydrogen) atoms. The van der Waals surface area contributed by atoms with E-state index in [1.165, 1.54) is 0 Å². The number of piperazine rings is 1. The molecule has 2 heterocycles. The fourth-order valence-corrected chi connectivity index (χ4v) is 5.61. The fraction of sp³-hybridized carbons (Fsp3) is 0.556. The molecule has 0 radical (unpaired) electrons. The van der Waals surface area contributed by atoms with Crippen molar-refractivity contribution < 1.29 is 12.9 Å². The molecule has 4 rings (SSSR count). The van der Waals surface area contributed by atoms with Gasteiger partial charge >= 0.3 is 0 Å². The Balaban J connectivity index is 1.54. The molecule has 1 aliphatic carbocycles. The van der Waals surface area contributed by atoms with Crippen molar-refractivity contribution in [2.45, 2.75) is 41.9 Å². The summed E-state index contributed by atoms with van der Waals surface area (Å²) < 4.78 is 30.7. The van der Waals surface area contributed by atoms with E-state index in [2.05, 4.69) is 20.4 Å². The van der Waals surface area contributed by atoms with Gasteiger partial charge in [0.2, 0.25) is 0 Å². The van der Waals surface area contributed by atoms with Gasteiger partial charge in [-0.3, -0.25) is 4.90 Å². The molecule has 0 bridgehead atoms. The zero-order valence-electron chi connectivity index (χ0n) is 14.9. The zero-order valence-corrected chi connectivity index (χ0v) is 15.7. The summed E-state index contributed by atoms with van der Waals surface area (Å²) in [6, 6.07) is 6.90. The van der Waals surface area contributed by atoms with E-state index in [1.807, 2.05) is 7.05 Å². The van der Waals surface area contributed by atoms with Gasteiger partial charge in [0.25, 0.3) is 5.89 Å². The molecular weight excluding hydrogens is 352 g/mol. The highest BCUT2D eigenvalue weighted by atomic mass is 32.2. The summed E-state index contributed by atoms with van der Waals surface area (Å²) in [6.45, 7) is 2.67. The minimum absolute atomic E-state index is 0.0864. The molecular formula is C18H24N4O3S. The van der Waals surface area contributed by atoms with Gasteiger partial charge in [0, 0.05) is 25.2 Å². The molecule has 1 aromatic carbocycles. The van der Waals surface area contributed by atoms with Gasteiger partial charge in [-0.2, -0.15) is 4.98 Å². The van der Waals surface area contributed by atoms with Gasteiger partial charge in [0.1, 0.15) is 0 Å². The van der Waals surface area contributed by atoms with Crippen LogP contribution in [-0.4, -0.2) is 55.4 Å². The Morgan fingerprint density at radius 3 is 2.62 bits per heavy atom. The van der Waals surface area contributed by atoms with Crippen LogP contribution < -0.4 is 5.32 Å². The van der Waals surface area contributed by atoms with Gasteiger partial charge in [-0.05, 0) is 44.2 Å². The first-order valence-electron chi connectivity index (χ1n) is 9.14. The van der Waals surface area contributed by atoms with Gasteiger partial charge in [0.05, 0.1) is 16.2 Å². The first kappa shape index (κ1) is 17.6. The smallest absolute Gasteiger partial charge is 0.257 e. The lowest BCUT2D eigenvalue weighted by Gasteiger charge is -2.30. The third-order valence-corrected chi connectivity index (χ3v) is 7.70. The number of aromatic nitrogens is 2. The number of sulfone groups is 1. The maximum absolute atomic E-state index is 12.7. The van der Waals surface area contributed by atoms with Gasteiger partial charge in [0.15, 0.2) is 15.7 Å². The molecule has 0 amide bonds. The Kier molecular flexibility index (Phi) is 4.81. The summed E-state index contributed by atoms with van der Waals surface area (Å²) in [5.74, 6) is 1.07. The molecule has 8 heteroatoms. The van der Waals surface area contributed by atoms with Crippen molar-refractivity contribution >= 4 is 9.84 Å². The van der Waals surface area contributed by atoms with Crippen LogP contribution >= 0.6 is 0 Å². The van der Waals surface area contributed by atoms with Gasteiger partial charge in [-0.25, -0.2) is 8.42 Å². The summed E-state index contributed by atoms with van der Waals surface area (Å²) in [5.41, 5.74) is 0.737. The van der Waals surface area contributed by atoms with Crippen LogP contribution in [0, 0.1) is 0 Å². The number of hydrogen-bond donors (Lipinski definition) is 1. The summed E-state index contributed by atoms with van der Waals surface area (Å²) in [4.78, 5) is 7.09. The van der Waals surface area contributed by atoms with E-state index in [4.69, 9.17) is 4.52 Å². The molecule has 2 fully saturated rings. The van der Waals surface area contributed by atoms with Crippen LogP contribution in [0.25, 0.3) is 11.5 Å². The molecule has 7 nitrogen and oxygen atoms in total. The highest BCUT2D eigenvalue weighted by Crippen LogP contribution is 2.31. The van der Waals surface area contributed by atoms with Crippen molar-refractivity contribution in [3.05, 3.63) is 30.1 Å². The van der Waals surface area contributed by atoms with E-state index in [0.717, 1.165) is 50.9 Å². The molecule has 140 valence electrons. The quantitative estimate of drug-likeness (QED) is 0.873. The molecule has 2 aliphatic rings. The average Bonchev–Trinajstić information content (AvgIpc) is 3.35. The molecule has 1 N–H and O–H groups in total. The lowest BCUT2D eigenvalue weighted by atomic mass is 10.2. The standard InChI is InChI=1S/C18H24N4O3S/c1-22-11-10-19-12-16(22)17-20-18(25-21-17)13-6-8-15(9-7-13)26(23,24)14-4-2-3-5-14/h6-9,14,16,19H,2-5,10-12H2,1H3. The van der Waals surface area contributed by atoms with Crippen LogP contribution in [0.4, 0.5) is 0 Å². The monoisotopic (exact) mass is 376 g/mol. The van der Waals surface area contributed by atoms with Crippen molar-refractivity contribution in [1.82, 2.24) is 20.4 Å². The number of nitrogens with one attached hydrogen (secondary N) is 1. The van der Waals surface area contributed by atoms with Crippen LogP contribution in [0.1, 0.15) is 37.5 Å². The molecule has 1 atom stereocenters. The van der Waals surface area contributed by atoms with Crippen LogP contribution in [0.5, 0.6) is 0 Å². The molecule has 2 aromatic rings. The summed E-state index contributed by atoms with van der Waals surface area (Å²) in [6.07, 6.45) is 3.52. The minimum atomic E-state index is -3.24. The van der Waals surface area contributed by atoms with Gasteiger partial charge < -0.3 is 9.84 Å². The lowest BCUT2D eigenvalue weighted by molar-refractivity contribution is 0.190. The first-order chi connectivity index (χ1) is 12.6. The minimum Gasteiger partial charge on any atom is -0.334 e. The van der Waals surface area contributed by atoms with Crippen LogP contribution in [0.15, 0.2) is 33.7 Å². The number of benzene rings is 1. The average molecular weight is 376 g/mol. The van der Waals surface area contributed by atoms with E-state index >= 15 is 0 Å². The molecule has 1 aromatic heterocycles. The zero-order chi connectivity index (χ0) is 18.1. The summed E-state index contributed by atoms with van der Waals surface area (Å²) >= 11 is 0. The Hall–Kier alpha value is -1.77. The molecule has 1 aliphatic heterocycles. The Morgan fingerprint density at radius 1 is 1.19 bits per heavy atom. The summed E-state index contributed by atoms with van der Waals surface area (Å²) in [7, 11) is -1.19. The van der Waals surface area contributed by atoms with Crippen LogP contribution in [-0.2, 0) is 9.84 Å². The third kappa shape index (κ3) is 3.28. The number of likely N-dealkylation sites (N-methyl/N-ethyl adjacent to an activating group) is 1. The van der Waals surface area contributed by atoms with E-state index in [-0.39, 0.29) is 11.3 Å². The first-order valence-corrected chi connectivity index (χ1v) is 10.7. The Bertz CT molecular complexity index is 857. The maximum Gasteiger partial charge on any atom is 0.257 e. The molecule has 1 saturated heterocycles. The van der Waals surface area contributed by atoms with Crippen LogP contribution in [0.3, 0.4) is 0 Å². The second-order valence-corrected chi connectivity index (χ2v) is 9.36. The van der Waals surface area contributed by atoms with Gasteiger partial charge in [-0.1, -0.05) is 18.0 Å². The Labute approximate surface area is 153 Å². The predicted octanol–water partition coefficient (Wildman–Crippen LogP) is 2.03. The van der Waals surface area contributed by atoms with Gasteiger partial charge in [-0.15, -0.1) is 0 Å². The van der Waals surface area contributed by atoms with E-state index < -0.39 is 9.84 Å². The summed E-state index contributed by atoms with van der Waals surface area (Å²) in [5, 5.41) is 7.21. The predicted molar refractivity (Wildman–Crippen MR) is 97.4 cm³/mol. The largest absolute Gasteiger partial charge is 0.334 e. The molecule has 1 unspecified atom stereocenters. The van der Waals surface area contributed by atoms with E-state index in [0.29, 0.717) is 16.6 Å². The van der Waals surface area contributed by atoms with Crippen molar-refractivity contribution in [2.24, 2.45) is 0 Å². The number of hydrogen-bond acceptors (Lipinski definition) is 7. The van der Waals surface area contributed by atoms with Crippen molar-refractivity contribution in [3.63, 3.8) is 0 Å². The molecule has 1 saturated carbocycles. The van der Waals surface area contributed by atoms with E-state index in [9.17, 15) is 8.42 Å². The van der Waals surface area contributed by atoms with Crippen molar-refractivity contribution in [1.29, 1.82) is 0 Å². The maximum atomic E-state index is 12.7. The third-order valence-electron chi connectivity index (χ3n) is 5.42. The van der Waals surface area contributed by atoms with Crippen molar-refractivity contribution in [3.8, 4) is 11.5 Å². The lowest BCUT2D eigenvalue weighted by Crippen LogP contribution is -2.44. The highest BCUT2D eigenvalue weighted by Gasteiger charge is 2.30. The fourth-order valence-electron chi connectivity index (χ4n) is 3.76. The number of nitrogens with zero attached hydrogens (tertiary/aromatic N) is 3. The van der Waals surface area contributed by atoms with E-state index in [1.54, 1.807) is 24.3 Å². The highest BCUT2D eigenvalue weighted by molar-refractivity contribution is 7.92. The second-order valence-electron chi connectivity index (χ2n) is 7.13. The molecule has 0 spiro atoms.